The number of nitrogens with zero attached hydrogens (tertiary/aromatic N) is 2. The summed E-state index contributed by atoms with van der Waals surface area (Å²) in [7, 11) is 0. The standard InChI is InChI=1S/C27H22F3N3O/c28-27(29,30)24-12-5-4-8-21(24)14-13-20-7-6-11-23(17-20)26(34)32-18-25(33-16-15-31-19-33)22-9-2-1-3-10-22/h1-17,19,25H,18H2,(H,32,34)/b14-13+. The maximum Gasteiger partial charge on any atom is 0.416 e. The van der Waals surface area contributed by atoms with Gasteiger partial charge in [-0.3, -0.25) is 4.79 Å². The molecule has 0 radical (unpaired) electrons. The Morgan fingerprint density at radius 3 is 2.47 bits per heavy atom. The van der Waals surface area contributed by atoms with E-state index in [4.69, 9.17) is 0 Å². The highest BCUT2D eigenvalue weighted by atomic mass is 19.4. The first-order valence-corrected chi connectivity index (χ1v) is 10.7. The Morgan fingerprint density at radius 2 is 1.74 bits per heavy atom. The minimum absolute atomic E-state index is 0.0656. The van der Waals surface area contributed by atoms with E-state index in [0.717, 1.165) is 11.6 Å². The van der Waals surface area contributed by atoms with Gasteiger partial charge < -0.3 is 9.88 Å². The molecular weight excluding hydrogens is 439 g/mol. The molecule has 3 aromatic carbocycles. The molecule has 1 unspecified atom stereocenters. The summed E-state index contributed by atoms with van der Waals surface area (Å²) in [5.74, 6) is -0.271. The van der Waals surface area contributed by atoms with E-state index in [-0.39, 0.29) is 17.5 Å². The molecule has 1 heterocycles. The van der Waals surface area contributed by atoms with Crippen molar-refractivity contribution >= 4 is 18.1 Å². The normalized spacial score (nSPS) is 12.6. The lowest BCUT2D eigenvalue weighted by molar-refractivity contribution is -0.137. The highest BCUT2D eigenvalue weighted by Gasteiger charge is 2.32. The molecule has 172 valence electrons. The summed E-state index contributed by atoms with van der Waals surface area (Å²) >= 11 is 0. The Morgan fingerprint density at radius 1 is 0.971 bits per heavy atom. The van der Waals surface area contributed by atoms with Crippen LogP contribution in [0, 0.1) is 0 Å². The maximum atomic E-state index is 13.2. The van der Waals surface area contributed by atoms with Crippen LogP contribution in [-0.2, 0) is 6.18 Å². The molecule has 4 aromatic rings. The van der Waals surface area contributed by atoms with E-state index < -0.39 is 11.7 Å². The summed E-state index contributed by atoms with van der Waals surface area (Å²) in [6.45, 7) is 0.345. The third-order valence-electron chi connectivity index (χ3n) is 5.40. The first-order chi connectivity index (χ1) is 16.4. The van der Waals surface area contributed by atoms with Gasteiger partial charge in [-0.15, -0.1) is 0 Å². The zero-order valence-electron chi connectivity index (χ0n) is 18.1. The van der Waals surface area contributed by atoms with Crippen LogP contribution < -0.4 is 5.32 Å². The minimum atomic E-state index is -4.44. The highest BCUT2D eigenvalue weighted by molar-refractivity contribution is 5.95. The van der Waals surface area contributed by atoms with Crippen molar-refractivity contribution in [2.45, 2.75) is 12.2 Å². The number of rotatable bonds is 7. The molecule has 4 nitrogen and oxygen atoms in total. The van der Waals surface area contributed by atoms with Crippen molar-refractivity contribution in [3.8, 4) is 0 Å². The number of alkyl halides is 3. The number of hydrogen-bond acceptors (Lipinski definition) is 2. The Labute approximate surface area is 195 Å². The molecule has 1 aromatic heterocycles. The average molecular weight is 461 g/mol. The van der Waals surface area contributed by atoms with Crippen LogP contribution in [0.2, 0.25) is 0 Å². The van der Waals surface area contributed by atoms with Gasteiger partial charge in [-0.1, -0.05) is 72.8 Å². The van der Waals surface area contributed by atoms with E-state index in [2.05, 4.69) is 10.3 Å². The first kappa shape index (κ1) is 23.0. The van der Waals surface area contributed by atoms with Gasteiger partial charge in [0.25, 0.3) is 5.91 Å². The molecule has 0 saturated carbocycles. The fourth-order valence-electron chi connectivity index (χ4n) is 3.69. The lowest BCUT2D eigenvalue weighted by atomic mass is 10.0. The second-order valence-corrected chi connectivity index (χ2v) is 7.69. The zero-order valence-corrected chi connectivity index (χ0v) is 18.1. The van der Waals surface area contributed by atoms with Gasteiger partial charge in [-0.25, -0.2) is 4.98 Å². The molecule has 0 bridgehead atoms. The van der Waals surface area contributed by atoms with Gasteiger partial charge in [-0.05, 0) is 34.9 Å². The molecule has 1 amide bonds. The number of imidazole rings is 1. The summed E-state index contributed by atoms with van der Waals surface area (Å²) in [6, 6.07) is 21.8. The van der Waals surface area contributed by atoms with E-state index in [1.165, 1.54) is 18.2 Å². The Kier molecular flexibility index (Phi) is 6.92. The van der Waals surface area contributed by atoms with Crippen molar-refractivity contribution in [3.05, 3.63) is 125 Å². The van der Waals surface area contributed by atoms with Crippen LogP contribution in [-0.4, -0.2) is 22.0 Å². The molecular formula is C27H22F3N3O. The highest BCUT2D eigenvalue weighted by Crippen LogP contribution is 2.32. The quantitative estimate of drug-likeness (QED) is 0.339. The summed E-state index contributed by atoms with van der Waals surface area (Å²) in [6.07, 6.45) is 3.77. The molecule has 7 heteroatoms. The largest absolute Gasteiger partial charge is 0.416 e. The monoisotopic (exact) mass is 461 g/mol. The van der Waals surface area contributed by atoms with Crippen LogP contribution in [0.1, 0.15) is 38.7 Å². The molecule has 0 aliphatic carbocycles. The fraction of sp³-hybridized carbons (Fsp3) is 0.111. The van der Waals surface area contributed by atoms with Crippen LogP contribution in [0.3, 0.4) is 0 Å². The fourth-order valence-corrected chi connectivity index (χ4v) is 3.69. The van der Waals surface area contributed by atoms with Crippen LogP contribution in [0.15, 0.2) is 97.6 Å². The van der Waals surface area contributed by atoms with E-state index in [9.17, 15) is 18.0 Å². The lowest BCUT2D eigenvalue weighted by Gasteiger charge is -2.19. The van der Waals surface area contributed by atoms with Crippen molar-refractivity contribution in [1.82, 2.24) is 14.9 Å². The molecule has 0 aliphatic heterocycles. The van der Waals surface area contributed by atoms with Crippen LogP contribution in [0.4, 0.5) is 13.2 Å². The second kappa shape index (κ2) is 10.2. The lowest BCUT2D eigenvalue weighted by Crippen LogP contribution is -2.31. The van der Waals surface area contributed by atoms with Crippen LogP contribution in [0.25, 0.3) is 12.2 Å². The van der Waals surface area contributed by atoms with Gasteiger partial charge in [0.05, 0.1) is 17.9 Å². The molecule has 34 heavy (non-hydrogen) atoms. The number of halogens is 3. The SMILES string of the molecule is O=C(NCC(c1ccccc1)n1ccnc1)c1cccc(/C=C/c2ccccc2C(F)(F)F)c1. The molecule has 1 atom stereocenters. The third kappa shape index (κ3) is 5.61. The molecule has 0 saturated heterocycles. The van der Waals surface area contributed by atoms with Gasteiger partial charge in [0.15, 0.2) is 0 Å². The van der Waals surface area contributed by atoms with Crippen molar-refractivity contribution < 1.29 is 18.0 Å². The smallest absolute Gasteiger partial charge is 0.350 e. The topological polar surface area (TPSA) is 46.9 Å². The Hall–Kier alpha value is -4.13. The number of carbonyl (C=O) groups is 1. The van der Waals surface area contributed by atoms with E-state index in [1.807, 2.05) is 41.1 Å². The van der Waals surface area contributed by atoms with Gasteiger partial charge in [0.1, 0.15) is 0 Å². The number of benzene rings is 3. The number of carbonyl (C=O) groups excluding carboxylic acids is 1. The predicted molar refractivity (Wildman–Crippen MR) is 126 cm³/mol. The van der Waals surface area contributed by atoms with Crippen molar-refractivity contribution in [3.63, 3.8) is 0 Å². The van der Waals surface area contributed by atoms with Crippen molar-refractivity contribution in [1.29, 1.82) is 0 Å². The van der Waals surface area contributed by atoms with E-state index in [0.29, 0.717) is 17.7 Å². The van der Waals surface area contributed by atoms with E-state index in [1.54, 1.807) is 48.9 Å². The van der Waals surface area contributed by atoms with E-state index >= 15 is 0 Å². The summed E-state index contributed by atoms with van der Waals surface area (Å²) in [5.41, 5.74) is 1.44. The van der Waals surface area contributed by atoms with Crippen LogP contribution in [0.5, 0.6) is 0 Å². The number of aromatic nitrogens is 2. The zero-order chi connectivity index (χ0) is 24.0. The number of hydrogen-bond donors (Lipinski definition) is 1. The molecule has 4 rings (SSSR count). The number of amides is 1. The Balaban J connectivity index is 1.49. The average Bonchev–Trinajstić information content (AvgIpc) is 3.38. The van der Waals surface area contributed by atoms with Gasteiger partial charge in [-0.2, -0.15) is 13.2 Å². The van der Waals surface area contributed by atoms with Crippen LogP contribution >= 0.6 is 0 Å². The number of nitrogens with one attached hydrogen (secondary N) is 1. The summed E-state index contributed by atoms with van der Waals surface area (Å²) in [4.78, 5) is 17.0. The maximum absolute atomic E-state index is 13.2. The predicted octanol–water partition coefficient (Wildman–Crippen LogP) is 6.09. The van der Waals surface area contributed by atoms with Gasteiger partial charge >= 0.3 is 6.18 Å². The molecule has 0 aliphatic rings. The van der Waals surface area contributed by atoms with Crippen molar-refractivity contribution in [2.75, 3.05) is 6.54 Å². The minimum Gasteiger partial charge on any atom is -0.350 e. The molecule has 0 fully saturated rings. The second-order valence-electron chi connectivity index (χ2n) is 7.69. The van der Waals surface area contributed by atoms with Gasteiger partial charge in [0.2, 0.25) is 0 Å². The molecule has 0 spiro atoms. The summed E-state index contributed by atoms with van der Waals surface area (Å²) < 4.78 is 41.6. The van der Waals surface area contributed by atoms with Gasteiger partial charge in [0, 0.05) is 24.5 Å². The van der Waals surface area contributed by atoms with Crippen molar-refractivity contribution in [2.24, 2.45) is 0 Å². The summed E-state index contributed by atoms with van der Waals surface area (Å²) in [5, 5.41) is 2.96. The Bertz CT molecular complexity index is 1270. The molecule has 1 N–H and O–H groups in total. The third-order valence-corrected chi connectivity index (χ3v) is 5.40. The first-order valence-electron chi connectivity index (χ1n) is 10.7.